The maximum atomic E-state index is 12.6. The van der Waals surface area contributed by atoms with Crippen LogP contribution in [0.3, 0.4) is 0 Å². The average Bonchev–Trinajstić information content (AvgIpc) is 3.07. The molecule has 5 nitrogen and oxygen atoms in total. The molecule has 3 rings (SSSR count). The first-order valence-electron chi connectivity index (χ1n) is 7.44. The molecule has 1 amide bonds. The number of aryl methyl sites for hydroxylation is 1. The fourth-order valence-corrected chi connectivity index (χ4v) is 3.49. The number of likely N-dealkylation sites (tertiary alicyclic amines) is 1. The Morgan fingerprint density at radius 3 is 2.85 bits per heavy atom. The maximum Gasteiger partial charge on any atom is 0.276 e. The molecule has 1 saturated carbocycles. The molecule has 1 saturated heterocycles. The van der Waals surface area contributed by atoms with Crippen molar-refractivity contribution in [1.29, 1.82) is 0 Å². The van der Waals surface area contributed by atoms with Crippen molar-refractivity contribution in [3.8, 4) is 0 Å². The first-order chi connectivity index (χ1) is 9.66. The van der Waals surface area contributed by atoms with E-state index in [9.17, 15) is 9.59 Å². The van der Waals surface area contributed by atoms with Crippen LogP contribution in [0.15, 0.2) is 10.6 Å². The lowest BCUT2D eigenvalue weighted by atomic mass is 9.88. The fraction of sp³-hybridized carbons (Fsp3) is 0.667. The van der Waals surface area contributed by atoms with Crippen molar-refractivity contribution >= 4 is 11.7 Å². The van der Waals surface area contributed by atoms with Crippen LogP contribution < -0.4 is 0 Å². The molecule has 0 spiro atoms. The third-order valence-electron chi connectivity index (χ3n) is 4.47. The average molecular weight is 276 g/mol. The van der Waals surface area contributed by atoms with Crippen LogP contribution >= 0.6 is 0 Å². The molecule has 20 heavy (non-hydrogen) atoms. The van der Waals surface area contributed by atoms with Crippen molar-refractivity contribution in [2.75, 3.05) is 6.54 Å². The zero-order valence-corrected chi connectivity index (χ0v) is 11.8. The van der Waals surface area contributed by atoms with Crippen molar-refractivity contribution in [3.63, 3.8) is 0 Å². The number of rotatable bonds is 2. The summed E-state index contributed by atoms with van der Waals surface area (Å²) in [5.41, 5.74) is 0.361. The third-order valence-corrected chi connectivity index (χ3v) is 4.47. The predicted octanol–water partition coefficient (Wildman–Crippen LogP) is 2.35. The van der Waals surface area contributed by atoms with Crippen LogP contribution in [0.2, 0.25) is 0 Å². The number of aromatic nitrogens is 1. The first kappa shape index (κ1) is 13.3. The summed E-state index contributed by atoms with van der Waals surface area (Å²) in [6, 6.07) is 1.73. The molecule has 2 aliphatic rings. The van der Waals surface area contributed by atoms with E-state index >= 15 is 0 Å². The highest BCUT2D eigenvalue weighted by atomic mass is 16.5. The monoisotopic (exact) mass is 276 g/mol. The SMILES string of the molecule is Cc1cc(C(=O)N2CCCCC2C2CCCC2=O)no1. The number of carbonyl (C=O) groups excluding carboxylic acids is 2. The second-order valence-corrected chi connectivity index (χ2v) is 5.85. The Bertz CT molecular complexity index is 523. The fourth-order valence-electron chi connectivity index (χ4n) is 3.49. The van der Waals surface area contributed by atoms with Crippen LogP contribution in [0.5, 0.6) is 0 Å². The molecule has 108 valence electrons. The van der Waals surface area contributed by atoms with Gasteiger partial charge in [0, 0.05) is 31.0 Å². The van der Waals surface area contributed by atoms with E-state index in [0.29, 0.717) is 23.7 Å². The minimum absolute atomic E-state index is 0.0345. The minimum atomic E-state index is -0.0914. The number of Topliss-reactive ketones (excluding diaryl/α,β-unsaturated/α-hetero) is 1. The molecular formula is C15H20N2O3. The van der Waals surface area contributed by atoms with Gasteiger partial charge in [-0.3, -0.25) is 9.59 Å². The van der Waals surface area contributed by atoms with Gasteiger partial charge in [0.15, 0.2) is 5.69 Å². The molecule has 1 aliphatic carbocycles. The van der Waals surface area contributed by atoms with Gasteiger partial charge in [-0.1, -0.05) is 5.16 Å². The van der Waals surface area contributed by atoms with Gasteiger partial charge < -0.3 is 9.42 Å². The van der Waals surface area contributed by atoms with Gasteiger partial charge in [0.2, 0.25) is 0 Å². The zero-order chi connectivity index (χ0) is 14.1. The quantitative estimate of drug-likeness (QED) is 0.831. The molecule has 0 bridgehead atoms. The number of hydrogen-bond acceptors (Lipinski definition) is 4. The molecule has 1 aromatic rings. The van der Waals surface area contributed by atoms with E-state index in [2.05, 4.69) is 5.16 Å². The summed E-state index contributed by atoms with van der Waals surface area (Å²) >= 11 is 0. The first-order valence-corrected chi connectivity index (χ1v) is 7.44. The normalized spacial score (nSPS) is 27.1. The summed E-state index contributed by atoms with van der Waals surface area (Å²) in [4.78, 5) is 26.4. The minimum Gasteiger partial charge on any atom is -0.361 e. The summed E-state index contributed by atoms with van der Waals surface area (Å²) in [5.74, 6) is 0.906. The maximum absolute atomic E-state index is 12.6. The standard InChI is InChI=1S/C15H20N2O3/c1-10-9-12(16-20-10)15(19)17-8-3-2-6-13(17)11-5-4-7-14(11)18/h9,11,13H,2-8H2,1H3. The van der Waals surface area contributed by atoms with E-state index in [1.807, 2.05) is 4.90 Å². The molecule has 5 heteroatoms. The lowest BCUT2D eigenvalue weighted by molar-refractivity contribution is -0.122. The van der Waals surface area contributed by atoms with Gasteiger partial charge >= 0.3 is 0 Å². The number of carbonyl (C=O) groups is 2. The summed E-state index contributed by atoms with van der Waals surface area (Å²) in [5, 5.41) is 3.82. The molecule has 1 aliphatic heterocycles. The Kier molecular flexibility index (Phi) is 3.59. The Morgan fingerprint density at radius 2 is 2.20 bits per heavy atom. The molecule has 0 aromatic carbocycles. The van der Waals surface area contributed by atoms with Crippen LogP contribution in [-0.4, -0.2) is 34.3 Å². The van der Waals surface area contributed by atoms with Gasteiger partial charge in [-0.2, -0.15) is 0 Å². The van der Waals surface area contributed by atoms with Crippen molar-refractivity contribution in [2.45, 2.75) is 51.5 Å². The number of nitrogens with zero attached hydrogens (tertiary/aromatic N) is 2. The Labute approximate surface area is 118 Å². The molecule has 2 heterocycles. The highest BCUT2D eigenvalue weighted by molar-refractivity contribution is 5.93. The number of ketones is 1. The van der Waals surface area contributed by atoms with Crippen molar-refractivity contribution < 1.29 is 14.1 Å². The van der Waals surface area contributed by atoms with Crippen molar-refractivity contribution in [3.05, 3.63) is 17.5 Å². The summed E-state index contributed by atoms with van der Waals surface area (Å²) < 4.78 is 4.99. The Balaban J connectivity index is 1.81. The van der Waals surface area contributed by atoms with Gasteiger partial charge in [-0.05, 0) is 39.0 Å². The van der Waals surface area contributed by atoms with E-state index in [0.717, 1.165) is 38.6 Å². The van der Waals surface area contributed by atoms with Gasteiger partial charge in [0.05, 0.1) is 0 Å². The second-order valence-electron chi connectivity index (χ2n) is 5.85. The van der Waals surface area contributed by atoms with Crippen molar-refractivity contribution in [1.82, 2.24) is 10.1 Å². The second kappa shape index (κ2) is 5.38. The van der Waals surface area contributed by atoms with Crippen LogP contribution in [-0.2, 0) is 4.79 Å². The molecule has 2 unspecified atom stereocenters. The lowest BCUT2D eigenvalue weighted by Crippen LogP contribution is -2.48. The smallest absolute Gasteiger partial charge is 0.276 e. The Hall–Kier alpha value is -1.65. The van der Waals surface area contributed by atoms with Gasteiger partial charge in [-0.25, -0.2) is 0 Å². The summed E-state index contributed by atoms with van der Waals surface area (Å²) in [6.45, 7) is 2.50. The number of piperidine rings is 1. The zero-order valence-electron chi connectivity index (χ0n) is 11.8. The highest BCUT2D eigenvalue weighted by Gasteiger charge is 2.39. The van der Waals surface area contributed by atoms with Crippen LogP contribution in [0, 0.1) is 12.8 Å². The van der Waals surface area contributed by atoms with Crippen LogP contribution in [0.25, 0.3) is 0 Å². The van der Waals surface area contributed by atoms with E-state index in [1.165, 1.54) is 0 Å². The van der Waals surface area contributed by atoms with Gasteiger partial charge in [0.25, 0.3) is 5.91 Å². The van der Waals surface area contributed by atoms with E-state index in [-0.39, 0.29) is 17.9 Å². The van der Waals surface area contributed by atoms with Crippen molar-refractivity contribution in [2.24, 2.45) is 5.92 Å². The molecule has 2 atom stereocenters. The largest absolute Gasteiger partial charge is 0.361 e. The highest BCUT2D eigenvalue weighted by Crippen LogP contribution is 2.33. The van der Waals surface area contributed by atoms with Gasteiger partial charge in [0.1, 0.15) is 11.5 Å². The molecule has 0 N–H and O–H groups in total. The third kappa shape index (κ3) is 2.37. The van der Waals surface area contributed by atoms with E-state index in [4.69, 9.17) is 4.52 Å². The van der Waals surface area contributed by atoms with Crippen LogP contribution in [0.1, 0.15) is 54.8 Å². The summed E-state index contributed by atoms with van der Waals surface area (Å²) in [6.07, 6.45) is 5.58. The van der Waals surface area contributed by atoms with E-state index < -0.39 is 0 Å². The van der Waals surface area contributed by atoms with Crippen LogP contribution in [0.4, 0.5) is 0 Å². The summed E-state index contributed by atoms with van der Waals surface area (Å²) in [7, 11) is 0. The number of amides is 1. The molecule has 2 fully saturated rings. The Morgan fingerprint density at radius 1 is 1.35 bits per heavy atom. The number of hydrogen-bond donors (Lipinski definition) is 0. The topological polar surface area (TPSA) is 63.4 Å². The van der Waals surface area contributed by atoms with Gasteiger partial charge in [-0.15, -0.1) is 0 Å². The lowest BCUT2D eigenvalue weighted by Gasteiger charge is -2.38. The van der Waals surface area contributed by atoms with E-state index in [1.54, 1.807) is 13.0 Å². The molecule has 1 aromatic heterocycles. The predicted molar refractivity (Wildman–Crippen MR) is 72.3 cm³/mol. The molecule has 0 radical (unpaired) electrons. The molecular weight excluding hydrogens is 256 g/mol.